The van der Waals surface area contributed by atoms with Crippen LogP contribution in [0.5, 0.6) is 5.75 Å². The van der Waals surface area contributed by atoms with Crippen molar-refractivity contribution >= 4 is 45.5 Å². The van der Waals surface area contributed by atoms with Crippen molar-refractivity contribution in [1.82, 2.24) is 14.5 Å². The molecule has 1 aromatic heterocycles. The van der Waals surface area contributed by atoms with Crippen molar-refractivity contribution in [3.63, 3.8) is 0 Å². The minimum Gasteiger partial charge on any atom is -0.397 e. The summed E-state index contributed by atoms with van der Waals surface area (Å²) in [7, 11) is 1.09. The van der Waals surface area contributed by atoms with Crippen LogP contribution >= 0.6 is 11.6 Å². The predicted octanol–water partition coefficient (Wildman–Crippen LogP) is 0.234. The van der Waals surface area contributed by atoms with Crippen molar-refractivity contribution in [2.45, 2.75) is 0 Å². The molecule has 0 saturated heterocycles. The first-order chi connectivity index (χ1) is 12.6. The second-order valence-corrected chi connectivity index (χ2v) is 7.12. The summed E-state index contributed by atoms with van der Waals surface area (Å²) < 4.78 is 48.4. The number of nitrogen functional groups attached to an aromatic ring is 1. The zero-order valence-electron chi connectivity index (χ0n) is 13.7. The number of carbonyl (C=O) groups excluding carboxylic acids is 1. The van der Waals surface area contributed by atoms with Gasteiger partial charge < -0.3 is 9.92 Å². The fourth-order valence-corrected chi connectivity index (χ4v) is 2.83. The molecule has 0 spiro atoms. The molecule has 1 amide bonds. The maximum absolute atomic E-state index is 14.3. The van der Waals surface area contributed by atoms with Gasteiger partial charge in [0.1, 0.15) is 11.4 Å². The first-order valence-electron chi connectivity index (χ1n) is 6.82. The SMILES string of the molecule is COS(=O)NC(=O)c1cc(-n2ncc(OS(C)=O)c(N)c2=O)c(F)cc1Cl. The number of rotatable bonds is 6. The highest BCUT2D eigenvalue weighted by atomic mass is 35.5. The molecule has 0 bridgehead atoms. The van der Waals surface area contributed by atoms with E-state index in [4.69, 9.17) is 21.5 Å². The first-order valence-corrected chi connectivity index (χ1v) is 9.75. The second-order valence-electron chi connectivity index (χ2n) is 4.74. The van der Waals surface area contributed by atoms with Crippen LogP contribution in [0.25, 0.3) is 5.69 Å². The predicted molar refractivity (Wildman–Crippen MR) is 96.5 cm³/mol. The molecule has 2 unspecified atom stereocenters. The van der Waals surface area contributed by atoms with Crippen LogP contribution in [0, 0.1) is 5.82 Å². The zero-order valence-corrected chi connectivity index (χ0v) is 16.1. The Morgan fingerprint density at radius 2 is 2.07 bits per heavy atom. The maximum atomic E-state index is 14.3. The molecule has 0 aliphatic heterocycles. The number of hydrogen-bond acceptors (Lipinski definition) is 8. The van der Waals surface area contributed by atoms with Gasteiger partial charge in [-0.25, -0.2) is 17.5 Å². The molecule has 2 atom stereocenters. The molecule has 0 aliphatic carbocycles. The molecule has 3 N–H and O–H groups in total. The van der Waals surface area contributed by atoms with Gasteiger partial charge in [-0.05, 0) is 12.1 Å². The summed E-state index contributed by atoms with van der Waals surface area (Å²) in [6.07, 6.45) is 2.17. The van der Waals surface area contributed by atoms with Crippen molar-refractivity contribution in [2.75, 3.05) is 19.1 Å². The molecule has 0 radical (unpaired) electrons. The molecule has 14 heteroatoms. The van der Waals surface area contributed by atoms with E-state index < -0.39 is 51.0 Å². The van der Waals surface area contributed by atoms with Gasteiger partial charge in [-0.1, -0.05) is 11.6 Å². The van der Waals surface area contributed by atoms with E-state index in [1.165, 1.54) is 6.26 Å². The van der Waals surface area contributed by atoms with E-state index in [0.717, 1.165) is 25.4 Å². The van der Waals surface area contributed by atoms with E-state index in [1.807, 2.05) is 4.72 Å². The van der Waals surface area contributed by atoms with Crippen molar-refractivity contribution in [3.8, 4) is 11.4 Å². The molecular weight excluding hydrogens is 427 g/mol. The van der Waals surface area contributed by atoms with Crippen LogP contribution in [-0.2, 0) is 26.5 Å². The minimum absolute atomic E-state index is 0.250. The third-order valence-corrected chi connectivity index (χ3v) is 4.40. The summed E-state index contributed by atoms with van der Waals surface area (Å²) in [4.78, 5) is 24.4. The highest BCUT2D eigenvalue weighted by Gasteiger charge is 2.20. The molecule has 0 aliphatic rings. The summed E-state index contributed by atoms with van der Waals surface area (Å²) >= 11 is 1.93. The number of carbonyl (C=O) groups is 1. The summed E-state index contributed by atoms with van der Waals surface area (Å²) in [5.41, 5.74) is 3.42. The Morgan fingerprint density at radius 3 is 2.67 bits per heavy atom. The number of aromatic nitrogens is 2. The number of halogens is 2. The van der Waals surface area contributed by atoms with Crippen LogP contribution in [0.4, 0.5) is 10.1 Å². The lowest BCUT2D eigenvalue weighted by Crippen LogP contribution is -2.28. The lowest BCUT2D eigenvalue weighted by Gasteiger charge is -2.12. The molecule has 0 fully saturated rings. The van der Waals surface area contributed by atoms with Crippen molar-refractivity contribution in [2.24, 2.45) is 0 Å². The normalized spacial score (nSPS) is 13.0. The molecule has 2 rings (SSSR count). The second kappa shape index (κ2) is 8.56. The monoisotopic (exact) mass is 438 g/mol. The maximum Gasteiger partial charge on any atom is 0.298 e. The number of nitrogens with one attached hydrogen (secondary N) is 1. The number of amides is 1. The van der Waals surface area contributed by atoms with Crippen LogP contribution in [0.1, 0.15) is 10.4 Å². The fourth-order valence-electron chi connectivity index (χ4n) is 1.86. The van der Waals surface area contributed by atoms with Crippen LogP contribution in [-0.4, -0.2) is 37.5 Å². The minimum atomic E-state index is -2.14. The summed E-state index contributed by atoms with van der Waals surface area (Å²) in [5, 5.41) is 3.39. The van der Waals surface area contributed by atoms with Gasteiger partial charge in [-0.2, -0.15) is 9.78 Å². The lowest BCUT2D eigenvalue weighted by atomic mass is 10.2. The van der Waals surface area contributed by atoms with Gasteiger partial charge in [0.05, 0.1) is 23.9 Å². The molecule has 1 heterocycles. The molecule has 2 aromatic rings. The van der Waals surface area contributed by atoms with Gasteiger partial charge in [0, 0.05) is 6.26 Å². The third kappa shape index (κ3) is 4.68. The summed E-state index contributed by atoms with van der Waals surface area (Å²) in [6, 6.07) is 1.70. The Bertz CT molecular complexity index is 1020. The van der Waals surface area contributed by atoms with Gasteiger partial charge in [0.25, 0.3) is 22.7 Å². The largest absolute Gasteiger partial charge is 0.397 e. The molecule has 1 aromatic carbocycles. The smallest absolute Gasteiger partial charge is 0.298 e. The van der Waals surface area contributed by atoms with Gasteiger partial charge in [0.15, 0.2) is 11.6 Å². The average Bonchev–Trinajstić information content (AvgIpc) is 2.59. The molecular formula is C13H12ClFN4O6S2. The fraction of sp³-hybridized carbons (Fsp3) is 0.154. The quantitative estimate of drug-likeness (QED) is 0.652. The first kappa shape index (κ1) is 21.0. The van der Waals surface area contributed by atoms with E-state index in [1.54, 1.807) is 0 Å². The van der Waals surface area contributed by atoms with Crippen molar-refractivity contribution < 1.29 is 26.0 Å². The number of nitrogens with zero attached hydrogens (tertiary/aromatic N) is 2. The Kier molecular flexibility index (Phi) is 6.64. The van der Waals surface area contributed by atoms with Gasteiger partial charge in [-0.15, -0.1) is 0 Å². The topological polar surface area (TPSA) is 143 Å². The zero-order chi connectivity index (χ0) is 20.3. The van der Waals surface area contributed by atoms with Crippen molar-refractivity contribution in [3.05, 3.63) is 45.1 Å². The standard InChI is InChI=1S/C13H12ClFN4O6S2/c1-24-27(23)18-12(20)6-3-9(8(15)4-7(6)14)19-13(21)11(16)10(5-17-19)25-26(2)22/h3-5H,16H2,1-2H3,(H,18,20). The van der Waals surface area contributed by atoms with Gasteiger partial charge in [0.2, 0.25) is 11.1 Å². The van der Waals surface area contributed by atoms with Crippen LogP contribution in [0.15, 0.2) is 23.1 Å². The lowest BCUT2D eigenvalue weighted by molar-refractivity contribution is 0.0980. The Balaban J connectivity index is 2.56. The molecule has 146 valence electrons. The average molecular weight is 439 g/mol. The van der Waals surface area contributed by atoms with Crippen LogP contribution in [0.2, 0.25) is 5.02 Å². The molecule has 10 nitrogen and oxygen atoms in total. The summed E-state index contributed by atoms with van der Waals surface area (Å²) in [5.74, 6) is -2.17. The number of anilines is 1. The van der Waals surface area contributed by atoms with E-state index in [9.17, 15) is 22.4 Å². The van der Waals surface area contributed by atoms with E-state index in [0.29, 0.717) is 4.68 Å². The Hall–Kier alpha value is -2.35. The molecule has 27 heavy (non-hydrogen) atoms. The van der Waals surface area contributed by atoms with Gasteiger partial charge in [-0.3, -0.25) is 13.8 Å². The summed E-state index contributed by atoms with van der Waals surface area (Å²) in [6.45, 7) is 0. The molecule has 0 saturated carbocycles. The Morgan fingerprint density at radius 1 is 1.41 bits per heavy atom. The van der Waals surface area contributed by atoms with E-state index in [-0.39, 0.29) is 16.3 Å². The highest BCUT2D eigenvalue weighted by molar-refractivity contribution is 7.79. The highest BCUT2D eigenvalue weighted by Crippen LogP contribution is 2.24. The van der Waals surface area contributed by atoms with Crippen molar-refractivity contribution in [1.29, 1.82) is 0 Å². The van der Waals surface area contributed by atoms with E-state index in [2.05, 4.69) is 9.28 Å². The van der Waals surface area contributed by atoms with Crippen LogP contribution in [0.3, 0.4) is 0 Å². The Labute approximate surface area is 161 Å². The third-order valence-electron chi connectivity index (χ3n) is 3.02. The van der Waals surface area contributed by atoms with E-state index >= 15 is 0 Å². The number of nitrogens with two attached hydrogens (primary N) is 1. The van der Waals surface area contributed by atoms with Gasteiger partial charge >= 0.3 is 0 Å². The van der Waals surface area contributed by atoms with Crippen LogP contribution < -0.4 is 20.2 Å². The number of benzene rings is 1. The number of hydrogen-bond donors (Lipinski definition) is 2.